The van der Waals surface area contributed by atoms with Crippen molar-refractivity contribution in [2.75, 3.05) is 13.9 Å². The Morgan fingerprint density at radius 3 is 2.68 bits per heavy atom. The summed E-state index contributed by atoms with van der Waals surface area (Å²) < 4.78 is 23.7. The molecule has 0 saturated heterocycles. The average molecular weight is 498 g/mol. The molecule has 0 saturated carbocycles. The van der Waals surface area contributed by atoms with Gasteiger partial charge < -0.3 is 28.6 Å². The van der Waals surface area contributed by atoms with Crippen molar-refractivity contribution in [3.8, 4) is 39.8 Å². The Hall–Kier alpha value is -4.37. The summed E-state index contributed by atoms with van der Waals surface area (Å²) in [5.41, 5.74) is 2.92. The van der Waals surface area contributed by atoms with Gasteiger partial charge in [0.2, 0.25) is 6.79 Å². The molecule has 2 aromatic heterocycles. The predicted octanol–water partition coefficient (Wildman–Crippen LogP) is 3.48. The summed E-state index contributed by atoms with van der Waals surface area (Å²) in [7, 11) is 1.62. The molecule has 0 bridgehead atoms. The number of benzene rings is 2. The number of nitrogens with zero attached hydrogens (tertiary/aromatic N) is 2. The number of rotatable bonds is 3. The number of aromatic nitrogens is 2. The maximum Gasteiger partial charge on any atom is 0.343 e. The van der Waals surface area contributed by atoms with Crippen LogP contribution in [0.5, 0.6) is 17.2 Å². The van der Waals surface area contributed by atoms with Crippen molar-refractivity contribution in [1.82, 2.24) is 9.55 Å². The molecule has 4 aromatic rings. The summed E-state index contributed by atoms with van der Waals surface area (Å²) in [5.74, 6) is 1.24. The average Bonchev–Trinajstić information content (AvgIpc) is 3.53. The van der Waals surface area contributed by atoms with Gasteiger partial charge in [0.25, 0.3) is 5.56 Å². The van der Waals surface area contributed by atoms with Crippen LogP contribution in [-0.4, -0.2) is 34.5 Å². The van der Waals surface area contributed by atoms with Crippen LogP contribution in [0.1, 0.15) is 30.0 Å². The molecule has 5 heterocycles. The SMILES string of the molecule is CC[C@@]1(O)C(=O)OCc2c1cc1n(c2=O)Cc2cc3c(-c4ccc(OC)cc4)c4c(cc3nc2-1)OCO4. The molecule has 0 fully saturated rings. The molecule has 2 aromatic carbocycles. The van der Waals surface area contributed by atoms with E-state index in [-0.39, 0.29) is 25.4 Å². The van der Waals surface area contributed by atoms with Crippen molar-refractivity contribution in [3.05, 3.63) is 69.5 Å². The standard InChI is InChI=1S/C28H22N2O7/c1-3-28(33)19-9-21-24-15(11-30(21)26(31)18(19)12-35-27(28)32)8-17-20(29-24)10-22-25(37-13-36-22)23(17)14-4-6-16(34-2)7-5-14/h4-10,33H,3,11-13H2,1-2H3/t28-/m0/s1. The van der Waals surface area contributed by atoms with Gasteiger partial charge in [0.1, 0.15) is 12.4 Å². The molecule has 37 heavy (non-hydrogen) atoms. The van der Waals surface area contributed by atoms with E-state index in [1.165, 1.54) is 0 Å². The molecule has 0 unspecified atom stereocenters. The second kappa shape index (κ2) is 7.57. The van der Waals surface area contributed by atoms with Crippen LogP contribution in [0.2, 0.25) is 0 Å². The lowest BCUT2D eigenvalue weighted by Crippen LogP contribution is -2.44. The van der Waals surface area contributed by atoms with Crippen LogP contribution in [-0.2, 0) is 28.3 Å². The van der Waals surface area contributed by atoms with Gasteiger partial charge in [0.15, 0.2) is 17.1 Å². The minimum Gasteiger partial charge on any atom is -0.497 e. The smallest absolute Gasteiger partial charge is 0.343 e. The summed E-state index contributed by atoms with van der Waals surface area (Å²) in [5, 5.41) is 12.0. The molecule has 0 radical (unpaired) electrons. The molecule has 0 amide bonds. The lowest BCUT2D eigenvalue weighted by Gasteiger charge is -2.31. The predicted molar refractivity (Wildman–Crippen MR) is 133 cm³/mol. The minimum atomic E-state index is -1.87. The van der Waals surface area contributed by atoms with Gasteiger partial charge in [-0.05, 0) is 36.2 Å². The topological polar surface area (TPSA) is 109 Å². The molecule has 9 heteroatoms. The fraction of sp³-hybridized carbons (Fsp3) is 0.250. The summed E-state index contributed by atoms with van der Waals surface area (Å²) in [6, 6.07) is 13.3. The second-order valence-electron chi connectivity index (χ2n) is 9.38. The Bertz CT molecular complexity index is 1710. The van der Waals surface area contributed by atoms with Crippen LogP contribution in [0.25, 0.3) is 33.4 Å². The number of cyclic esters (lactones) is 1. The second-order valence-corrected chi connectivity index (χ2v) is 9.38. The zero-order valence-electron chi connectivity index (χ0n) is 20.2. The fourth-order valence-corrected chi connectivity index (χ4v) is 5.53. The summed E-state index contributed by atoms with van der Waals surface area (Å²) in [4.78, 5) is 30.9. The molecular formula is C28H22N2O7. The summed E-state index contributed by atoms with van der Waals surface area (Å²) >= 11 is 0. The number of carbonyl (C=O) groups excluding carboxylic acids is 1. The molecule has 7 rings (SSSR count). The monoisotopic (exact) mass is 498 g/mol. The highest BCUT2D eigenvalue weighted by Gasteiger charge is 2.45. The maximum absolute atomic E-state index is 13.5. The lowest BCUT2D eigenvalue weighted by atomic mass is 9.86. The van der Waals surface area contributed by atoms with Gasteiger partial charge in [-0.15, -0.1) is 0 Å². The zero-order chi connectivity index (χ0) is 25.5. The largest absolute Gasteiger partial charge is 0.497 e. The number of esters is 1. The van der Waals surface area contributed by atoms with Gasteiger partial charge in [0.05, 0.1) is 36.1 Å². The number of carbonyl (C=O) groups is 1. The van der Waals surface area contributed by atoms with Crippen LogP contribution in [0.3, 0.4) is 0 Å². The Morgan fingerprint density at radius 1 is 1.11 bits per heavy atom. The Kier molecular flexibility index (Phi) is 4.47. The van der Waals surface area contributed by atoms with Crippen LogP contribution >= 0.6 is 0 Å². The number of aliphatic hydroxyl groups is 1. The molecule has 0 spiro atoms. The highest BCUT2D eigenvalue weighted by Crippen LogP contribution is 2.48. The van der Waals surface area contributed by atoms with Crippen LogP contribution < -0.4 is 19.8 Å². The van der Waals surface area contributed by atoms with E-state index in [0.717, 1.165) is 27.8 Å². The van der Waals surface area contributed by atoms with Gasteiger partial charge in [-0.3, -0.25) is 4.79 Å². The molecule has 186 valence electrons. The molecule has 0 aliphatic carbocycles. The quantitative estimate of drug-likeness (QED) is 0.377. The fourth-order valence-electron chi connectivity index (χ4n) is 5.53. The van der Waals surface area contributed by atoms with E-state index >= 15 is 0 Å². The first-order valence-electron chi connectivity index (χ1n) is 12.0. The lowest BCUT2D eigenvalue weighted by molar-refractivity contribution is -0.172. The third-order valence-corrected chi connectivity index (χ3v) is 7.53. The highest BCUT2D eigenvalue weighted by molar-refractivity contribution is 6.02. The van der Waals surface area contributed by atoms with Crippen molar-refractivity contribution in [3.63, 3.8) is 0 Å². The summed E-state index contributed by atoms with van der Waals surface area (Å²) in [6.07, 6.45) is 0.0917. The number of pyridine rings is 2. The van der Waals surface area contributed by atoms with Gasteiger partial charge in [-0.1, -0.05) is 19.1 Å². The minimum absolute atomic E-state index is 0.0917. The third kappa shape index (κ3) is 2.91. The van der Waals surface area contributed by atoms with Gasteiger partial charge in [0, 0.05) is 28.1 Å². The van der Waals surface area contributed by atoms with Crippen molar-refractivity contribution >= 4 is 16.9 Å². The van der Waals surface area contributed by atoms with Gasteiger partial charge in [-0.25, -0.2) is 9.78 Å². The normalized spacial score (nSPS) is 18.8. The number of hydrogen-bond donors (Lipinski definition) is 1. The first-order chi connectivity index (χ1) is 17.9. The molecule has 1 atom stereocenters. The number of hydrogen-bond acceptors (Lipinski definition) is 8. The van der Waals surface area contributed by atoms with E-state index < -0.39 is 11.6 Å². The van der Waals surface area contributed by atoms with E-state index in [4.69, 9.17) is 23.9 Å². The zero-order valence-corrected chi connectivity index (χ0v) is 20.2. The van der Waals surface area contributed by atoms with Crippen LogP contribution in [0.15, 0.2) is 47.3 Å². The van der Waals surface area contributed by atoms with Gasteiger partial charge >= 0.3 is 5.97 Å². The molecule has 3 aliphatic rings. The number of methoxy groups -OCH3 is 1. The van der Waals surface area contributed by atoms with E-state index in [1.54, 1.807) is 24.7 Å². The maximum atomic E-state index is 13.5. The molecule has 9 nitrogen and oxygen atoms in total. The number of ether oxygens (including phenoxy) is 4. The van der Waals surface area contributed by atoms with Crippen molar-refractivity contribution < 1.29 is 28.8 Å². The summed E-state index contributed by atoms with van der Waals surface area (Å²) in [6.45, 7) is 1.95. The molecule has 1 N–H and O–H groups in total. The first kappa shape index (κ1) is 21.9. The van der Waals surface area contributed by atoms with Crippen molar-refractivity contribution in [1.29, 1.82) is 0 Å². The first-order valence-corrected chi connectivity index (χ1v) is 12.0. The Balaban J connectivity index is 1.47. The molecule has 3 aliphatic heterocycles. The van der Waals surface area contributed by atoms with E-state index in [1.807, 2.05) is 36.4 Å². The van der Waals surface area contributed by atoms with E-state index in [2.05, 4.69) is 0 Å². The number of fused-ring (bicyclic) bond motifs is 6. The third-order valence-electron chi connectivity index (χ3n) is 7.53. The van der Waals surface area contributed by atoms with Crippen LogP contribution in [0, 0.1) is 0 Å². The van der Waals surface area contributed by atoms with Crippen LogP contribution in [0.4, 0.5) is 0 Å². The van der Waals surface area contributed by atoms with Crippen molar-refractivity contribution in [2.24, 2.45) is 0 Å². The van der Waals surface area contributed by atoms with Gasteiger partial charge in [-0.2, -0.15) is 0 Å². The van der Waals surface area contributed by atoms with E-state index in [9.17, 15) is 14.7 Å². The molecular weight excluding hydrogens is 476 g/mol. The van der Waals surface area contributed by atoms with E-state index in [0.29, 0.717) is 46.1 Å². The highest BCUT2D eigenvalue weighted by atomic mass is 16.7. The Morgan fingerprint density at radius 2 is 1.92 bits per heavy atom. The van der Waals surface area contributed by atoms with Crippen molar-refractivity contribution in [2.45, 2.75) is 32.1 Å². The Labute approximate surface area is 210 Å².